The maximum absolute atomic E-state index is 12.7. The Morgan fingerprint density at radius 3 is 2.92 bits per heavy atom. The number of benzene rings is 1. The highest BCUT2D eigenvalue weighted by molar-refractivity contribution is 5.95. The molecule has 1 aliphatic carbocycles. The molecular formula is C20H20N4O. The van der Waals surface area contributed by atoms with E-state index in [1.807, 2.05) is 42.6 Å². The molecule has 1 N–H and O–H groups in total. The Morgan fingerprint density at radius 1 is 1.16 bits per heavy atom. The van der Waals surface area contributed by atoms with E-state index in [4.69, 9.17) is 0 Å². The highest BCUT2D eigenvalue weighted by Gasteiger charge is 2.26. The molecule has 0 spiro atoms. The molecule has 0 unspecified atom stereocenters. The highest BCUT2D eigenvalue weighted by Crippen LogP contribution is 2.32. The fourth-order valence-corrected chi connectivity index (χ4v) is 3.41. The summed E-state index contributed by atoms with van der Waals surface area (Å²) < 4.78 is 1.78. The molecule has 0 radical (unpaired) electrons. The number of pyridine rings is 1. The number of nitrogens with zero attached hydrogens (tertiary/aromatic N) is 3. The number of carbonyl (C=O) groups excluding carboxylic acids is 1. The number of aryl methyl sites for hydroxylation is 1. The second kappa shape index (κ2) is 6.89. The molecule has 126 valence electrons. The van der Waals surface area contributed by atoms with Crippen LogP contribution < -0.4 is 5.32 Å². The van der Waals surface area contributed by atoms with Gasteiger partial charge < -0.3 is 5.32 Å². The molecule has 2 heterocycles. The van der Waals surface area contributed by atoms with E-state index in [9.17, 15) is 4.79 Å². The summed E-state index contributed by atoms with van der Waals surface area (Å²) in [7, 11) is 0. The molecule has 25 heavy (non-hydrogen) atoms. The molecule has 1 aliphatic rings. The maximum Gasteiger partial charge on any atom is 0.233 e. The van der Waals surface area contributed by atoms with Crippen LogP contribution in [0, 0.1) is 0 Å². The fraction of sp³-hybridized carbons (Fsp3) is 0.250. The second-order valence-corrected chi connectivity index (χ2v) is 6.35. The molecule has 1 atom stereocenters. The lowest BCUT2D eigenvalue weighted by Crippen LogP contribution is -2.25. The predicted molar refractivity (Wildman–Crippen MR) is 96.3 cm³/mol. The lowest BCUT2D eigenvalue weighted by atomic mass is 9.82. The van der Waals surface area contributed by atoms with Gasteiger partial charge in [-0.25, -0.2) is 0 Å². The van der Waals surface area contributed by atoms with Gasteiger partial charge in [-0.2, -0.15) is 5.10 Å². The Hall–Kier alpha value is -2.95. The van der Waals surface area contributed by atoms with Gasteiger partial charge in [0.05, 0.1) is 18.2 Å². The van der Waals surface area contributed by atoms with Crippen molar-refractivity contribution in [2.75, 3.05) is 5.32 Å². The van der Waals surface area contributed by atoms with E-state index in [2.05, 4.69) is 27.5 Å². The first-order valence-electron chi connectivity index (χ1n) is 8.61. The first-order chi connectivity index (χ1) is 12.3. The summed E-state index contributed by atoms with van der Waals surface area (Å²) in [5, 5.41) is 7.41. The van der Waals surface area contributed by atoms with Gasteiger partial charge in [-0.1, -0.05) is 30.3 Å². The van der Waals surface area contributed by atoms with Gasteiger partial charge in [-0.3, -0.25) is 14.5 Å². The average Bonchev–Trinajstić information content (AvgIpc) is 3.09. The van der Waals surface area contributed by atoms with Crippen molar-refractivity contribution >= 4 is 11.7 Å². The van der Waals surface area contributed by atoms with Crippen molar-refractivity contribution < 1.29 is 4.79 Å². The van der Waals surface area contributed by atoms with Gasteiger partial charge in [0.15, 0.2) is 5.82 Å². The normalized spacial score (nSPS) is 16.2. The van der Waals surface area contributed by atoms with E-state index in [0.29, 0.717) is 12.4 Å². The topological polar surface area (TPSA) is 59.8 Å². The Balaban J connectivity index is 1.45. The molecule has 2 aromatic heterocycles. The van der Waals surface area contributed by atoms with Crippen molar-refractivity contribution in [1.82, 2.24) is 14.8 Å². The Kier molecular flexibility index (Phi) is 4.29. The third-order valence-corrected chi connectivity index (χ3v) is 4.63. The zero-order valence-corrected chi connectivity index (χ0v) is 13.9. The molecular weight excluding hydrogens is 312 g/mol. The minimum atomic E-state index is -0.0918. The average molecular weight is 332 g/mol. The van der Waals surface area contributed by atoms with E-state index in [1.54, 1.807) is 10.9 Å². The van der Waals surface area contributed by atoms with Crippen LogP contribution in [0.5, 0.6) is 0 Å². The number of hydrogen-bond acceptors (Lipinski definition) is 3. The van der Waals surface area contributed by atoms with E-state index in [-0.39, 0.29) is 11.8 Å². The van der Waals surface area contributed by atoms with E-state index in [1.165, 1.54) is 5.56 Å². The standard InChI is InChI=1S/C20H20N4O/c25-20(18-10-5-7-15-6-1-2-9-17(15)18)22-19-11-13-24(23-19)14-16-8-3-4-12-21-16/h1-4,6,8-9,11-13,18H,5,7,10,14H2,(H,22,23,25)/t18-/m0/s1. The zero-order chi connectivity index (χ0) is 17.1. The first-order valence-corrected chi connectivity index (χ1v) is 8.61. The molecule has 0 bridgehead atoms. The molecule has 3 aromatic rings. The monoisotopic (exact) mass is 332 g/mol. The van der Waals surface area contributed by atoms with Crippen LogP contribution in [-0.4, -0.2) is 20.7 Å². The summed E-state index contributed by atoms with van der Waals surface area (Å²) in [5.74, 6) is 0.519. The Labute approximate surface area is 146 Å². The molecule has 1 aromatic carbocycles. The number of amides is 1. The van der Waals surface area contributed by atoms with Crippen LogP contribution in [0.3, 0.4) is 0 Å². The van der Waals surface area contributed by atoms with E-state index >= 15 is 0 Å². The molecule has 0 aliphatic heterocycles. The third kappa shape index (κ3) is 3.45. The van der Waals surface area contributed by atoms with Gasteiger partial charge >= 0.3 is 0 Å². The number of aromatic nitrogens is 3. The number of hydrogen-bond donors (Lipinski definition) is 1. The molecule has 5 nitrogen and oxygen atoms in total. The van der Waals surface area contributed by atoms with Crippen LogP contribution in [0.4, 0.5) is 5.82 Å². The lowest BCUT2D eigenvalue weighted by Gasteiger charge is -2.24. The number of carbonyl (C=O) groups is 1. The summed E-state index contributed by atoms with van der Waals surface area (Å²) >= 11 is 0. The van der Waals surface area contributed by atoms with Gasteiger partial charge in [-0.15, -0.1) is 0 Å². The highest BCUT2D eigenvalue weighted by atomic mass is 16.2. The Morgan fingerprint density at radius 2 is 2.04 bits per heavy atom. The maximum atomic E-state index is 12.7. The summed E-state index contributed by atoms with van der Waals surface area (Å²) in [4.78, 5) is 17.0. The summed E-state index contributed by atoms with van der Waals surface area (Å²) in [5.41, 5.74) is 3.37. The van der Waals surface area contributed by atoms with Crippen molar-refractivity contribution in [2.45, 2.75) is 31.7 Å². The van der Waals surface area contributed by atoms with Crippen molar-refractivity contribution in [2.24, 2.45) is 0 Å². The smallest absolute Gasteiger partial charge is 0.233 e. The zero-order valence-electron chi connectivity index (χ0n) is 13.9. The van der Waals surface area contributed by atoms with Crippen LogP contribution >= 0.6 is 0 Å². The van der Waals surface area contributed by atoms with Crippen molar-refractivity contribution in [3.05, 3.63) is 77.7 Å². The van der Waals surface area contributed by atoms with Gasteiger partial charge in [0, 0.05) is 18.5 Å². The summed E-state index contributed by atoms with van der Waals surface area (Å²) in [6.07, 6.45) is 6.61. The van der Waals surface area contributed by atoms with E-state index in [0.717, 1.165) is 30.5 Å². The number of fused-ring (bicyclic) bond motifs is 1. The summed E-state index contributed by atoms with van der Waals surface area (Å²) in [6, 6.07) is 15.9. The van der Waals surface area contributed by atoms with E-state index < -0.39 is 0 Å². The fourth-order valence-electron chi connectivity index (χ4n) is 3.41. The third-order valence-electron chi connectivity index (χ3n) is 4.63. The minimum Gasteiger partial charge on any atom is -0.309 e. The number of anilines is 1. The SMILES string of the molecule is O=C(Nc1ccn(Cc2ccccn2)n1)[C@H]1CCCc2ccccc21. The molecule has 0 fully saturated rings. The molecule has 5 heteroatoms. The van der Waals surface area contributed by atoms with Crippen LogP contribution in [-0.2, 0) is 17.8 Å². The van der Waals surface area contributed by atoms with Gasteiger partial charge in [-0.05, 0) is 42.5 Å². The molecule has 1 amide bonds. The summed E-state index contributed by atoms with van der Waals surface area (Å²) in [6.45, 7) is 0.586. The Bertz CT molecular complexity index is 872. The lowest BCUT2D eigenvalue weighted by molar-refractivity contribution is -0.117. The second-order valence-electron chi connectivity index (χ2n) is 6.35. The van der Waals surface area contributed by atoms with Crippen molar-refractivity contribution in [3.63, 3.8) is 0 Å². The molecule has 0 saturated heterocycles. The van der Waals surface area contributed by atoms with Gasteiger partial charge in [0.2, 0.25) is 5.91 Å². The number of rotatable bonds is 4. The van der Waals surface area contributed by atoms with Gasteiger partial charge in [0.1, 0.15) is 0 Å². The quantitative estimate of drug-likeness (QED) is 0.797. The molecule has 4 rings (SSSR count). The predicted octanol–water partition coefficient (Wildman–Crippen LogP) is 3.39. The van der Waals surface area contributed by atoms with Crippen molar-refractivity contribution in [3.8, 4) is 0 Å². The first kappa shape index (κ1) is 15.6. The van der Waals surface area contributed by atoms with Crippen LogP contribution in [0.25, 0.3) is 0 Å². The van der Waals surface area contributed by atoms with Crippen LogP contribution in [0.1, 0.15) is 35.6 Å². The van der Waals surface area contributed by atoms with Crippen LogP contribution in [0.2, 0.25) is 0 Å². The van der Waals surface area contributed by atoms with Crippen molar-refractivity contribution in [1.29, 1.82) is 0 Å². The largest absolute Gasteiger partial charge is 0.309 e. The van der Waals surface area contributed by atoms with Crippen LogP contribution in [0.15, 0.2) is 60.9 Å². The number of nitrogens with one attached hydrogen (secondary N) is 1. The minimum absolute atomic E-state index is 0.0234. The van der Waals surface area contributed by atoms with Gasteiger partial charge in [0.25, 0.3) is 0 Å². The molecule has 0 saturated carbocycles.